The Bertz CT molecular complexity index is 1370. The smallest absolute Gasteiger partial charge is 0.310 e. The highest BCUT2D eigenvalue weighted by Gasteiger charge is 2.37. The summed E-state index contributed by atoms with van der Waals surface area (Å²) in [5.74, 6) is 0.163. The van der Waals surface area contributed by atoms with Crippen molar-refractivity contribution >= 4 is 29.7 Å². The van der Waals surface area contributed by atoms with E-state index in [1.807, 2.05) is 63.3 Å². The number of rotatable bonds is 15. The fourth-order valence-corrected chi connectivity index (χ4v) is 5.37. The highest BCUT2D eigenvalue weighted by molar-refractivity contribution is 5.94. The lowest BCUT2D eigenvalue weighted by atomic mass is 9.79. The second-order valence-corrected chi connectivity index (χ2v) is 11.5. The number of nitrogens with zero attached hydrogens (tertiary/aromatic N) is 1. The molecule has 0 spiro atoms. The van der Waals surface area contributed by atoms with Crippen molar-refractivity contribution in [1.82, 2.24) is 4.98 Å². The number of unbranched alkanes of at least 4 members (excludes halogenated alkanes) is 1. The first-order chi connectivity index (χ1) is 20.3. The minimum Gasteiger partial charge on any atom is -0.481 e. The van der Waals surface area contributed by atoms with E-state index < -0.39 is 11.4 Å². The van der Waals surface area contributed by atoms with Crippen LogP contribution < -0.4 is 10.1 Å². The highest BCUT2D eigenvalue weighted by atomic mass is 16.5. The van der Waals surface area contributed by atoms with Gasteiger partial charge in [0.25, 0.3) is 0 Å². The van der Waals surface area contributed by atoms with Crippen LogP contribution in [0.2, 0.25) is 0 Å². The Morgan fingerprint density at radius 3 is 2.45 bits per heavy atom. The maximum atomic E-state index is 12.7. The van der Waals surface area contributed by atoms with E-state index in [9.17, 15) is 14.7 Å². The summed E-state index contributed by atoms with van der Waals surface area (Å²) in [5, 5.41) is 12.5. The van der Waals surface area contributed by atoms with Crippen LogP contribution in [0.15, 0.2) is 60.7 Å². The summed E-state index contributed by atoms with van der Waals surface area (Å²) >= 11 is 0. The number of hydrogen-bond donors (Lipinski definition) is 2. The second-order valence-electron chi connectivity index (χ2n) is 11.5. The molecule has 3 aromatic rings. The SMILES string of the molecule is CCC(CC)(CC(=O)Nc1cccc(C=Cc2nc(OCCCCc3ccc(C4CCC4)cc3)ccc2C)c1)C(=O)O. The van der Waals surface area contributed by atoms with Gasteiger partial charge in [-0.05, 0) is 98.2 Å². The number of aliphatic carboxylic acids is 1. The normalized spacial score (nSPS) is 13.6. The van der Waals surface area contributed by atoms with Gasteiger partial charge >= 0.3 is 5.97 Å². The molecule has 0 atom stereocenters. The summed E-state index contributed by atoms with van der Waals surface area (Å²) in [6.45, 7) is 6.25. The number of amides is 1. The molecule has 1 amide bonds. The quantitative estimate of drug-likeness (QED) is 0.180. The second kappa shape index (κ2) is 14.8. The van der Waals surface area contributed by atoms with Gasteiger partial charge in [-0.2, -0.15) is 0 Å². The molecule has 42 heavy (non-hydrogen) atoms. The molecule has 0 aliphatic heterocycles. The van der Waals surface area contributed by atoms with E-state index in [-0.39, 0.29) is 12.3 Å². The average molecular weight is 569 g/mol. The number of carboxylic acid groups (broad SMARTS) is 1. The van der Waals surface area contributed by atoms with Crippen LogP contribution in [0.4, 0.5) is 5.69 Å². The molecule has 6 nitrogen and oxygen atoms in total. The van der Waals surface area contributed by atoms with Crippen molar-refractivity contribution in [3.63, 3.8) is 0 Å². The van der Waals surface area contributed by atoms with Crippen molar-refractivity contribution in [3.8, 4) is 5.88 Å². The van der Waals surface area contributed by atoms with Gasteiger partial charge in [-0.1, -0.05) is 68.8 Å². The molecule has 1 aromatic heterocycles. The Hall–Kier alpha value is -3.93. The van der Waals surface area contributed by atoms with Crippen molar-refractivity contribution in [2.75, 3.05) is 11.9 Å². The number of ether oxygens (including phenoxy) is 1. The van der Waals surface area contributed by atoms with E-state index in [1.54, 1.807) is 6.07 Å². The van der Waals surface area contributed by atoms with Crippen LogP contribution in [-0.2, 0) is 16.0 Å². The van der Waals surface area contributed by atoms with E-state index >= 15 is 0 Å². The molecule has 4 rings (SSSR count). The topological polar surface area (TPSA) is 88.5 Å². The van der Waals surface area contributed by atoms with Crippen LogP contribution in [-0.4, -0.2) is 28.6 Å². The maximum Gasteiger partial charge on any atom is 0.310 e. The molecule has 1 fully saturated rings. The fourth-order valence-electron chi connectivity index (χ4n) is 5.37. The Kier molecular flexibility index (Phi) is 10.9. The van der Waals surface area contributed by atoms with Crippen LogP contribution in [0, 0.1) is 12.3 Å². The summed E-state index contributed by atoms with van der Waals surface area (Å²) in [4.78, 5) is 29.1. The first-order valence-electron chi connectivity index (χ1n) is 15.3. The fraction of sp³-hybridized carbons (Fsp3) is 0.417. The first kappa shape index (κ1) is 31.0. The molecule has 0 saturated heterocycles. The largest absolute Gasteiger partial charge is 0.481 e. The number of carbonyl (C=O) groups is 2. The molecule has 1 saturated carbocycles. The Labute approximate surface area is 250 Å². The molecule has 0 bridgehead atoms. The zero-order valence-corrected chi connectivity index (χ0v) is 25.2. The number of aromatic nitrogens is 1. The summed E-state index contributed by atoms with van der Waals surface area (Å²) in [6.07, 6.45) is 11.8. The number of carboxylic acids is 1. The van der Waals surface area contributed by atoms with E-state index in [4.69, 9.17) is 9.72 Å². The Morgan fingerprint density at radius 2 is 1.79 bits per heavy atom. The van der Waals surface area contributed by atoms with Crippen molar-refractivity contribution in [3.05, 3.63) is 88.6 Å². The summed E-state index contributed by atoms with van der Waals surface area (Å²) in [6, 6.07) is 20.6. The van der Waals surface area contributed by atoms with Gasteiger partial charge in [-0.15, -0.1) is 0 Å². The maximum absolute atomic E-state index is 12.7. The molecule has 222 valence electrons. The average Bonchev–Trinajstić information content (AvgIpc) is 2.96. The standard InChI is InChI=1S/C36H44N2O4/c1-4-36(5-2,35(40)41)25-33(39)37-31-14-8-11-28(24-31)18-21-32-26(3)15-22-34(38-32)42-23-7-6-10-27-16-19-30(20-17-27)29-12-9-13-29/h8,11,14-22,24,29H,4-7,9-10,12-13,23,25H2,1-3H3,(H,37,39)(H,40,41). The third kappa shape index (κ3) is 8.31. The number of aryl methyl sites for hydroxylation is 2. The molecule has 0 unspecified atom stereocenters. The van der Waals surface area contributed by atoms with Gasteiger partial charge in [0.05, 0.1) is 17.7 Å². The lowest BCUT2D eigenvalue weighted by molar-refractivity contribution is -0.151. The van der Waals surface area contributed by atoms with Crippen LogP contribution in [0.3, 0.4) is 0 Å². The predicted octanol–water partition coefficient (Wildman–Crippen LogP) is 8.45. The Balaban J connectivity index is 1.27. The number of carbonyl (C=O) groups excluding carboxylic acids is 1. The summed E-state index contributed by atoms with van der Waals surface area (Å²) in [5.41, 5.74) is 5.23. The molecule has 6 heteroatoms. The van der Waals surface area contributed by atoms with Crippen LogP contribution >= 0.6 is 0 Å². The summed E-state index contributed by atoms with van der Waals surface area (Å²) in [7, 11) is 0. The van der Waals surface area contributed by atoms with Crippen molar-refractivity contribution in [2.45, 2.75) is 84.5 Å². The van der Waals surface area contributed by atoms with Gasteiger partial charge in [-0.3, -0.25) is 9.59 Å². The molecular weight excluding hydrogens is 524 g/mol. The van der Waals surface area contributed by atoms with Crippen molar-refractivity contribution in [1.29, 1.82) is 0 Å². The van der Waals surface area contributed by atoms with E-state index in [0.717, 1.165) is 42.0 Å². The predicted molar refractivity (Wildman–Crippen MR) is 170 cm³/mol. The monoisotopic (exact) mass is 568 g/mol. The molecule has 0 radical (unpaired) electrons. The summed E-state index contributed by atoms with van der Waals surface area (Å²) < 4.78 is 5.97. The number of nitrogens with one attached hydrogen (secondary N) is 1. The van der Waals surface area contributed by atoms with Crippen molar-refractivity contribution < 1.29 is 19.4 Å². The molecule has 2 aromatic carbocycles. The third-order valence-electron chi connectivity index (χ3n) is 8.69. The lowest BCUT2D eigenvalue weighted by Crippen LogP contribution is -2.34. The van der Waals surface area contributed by atoms with Gasteiger partial charge in [0, 0.05) is 18.2 Å². The zero-order valence-electron chi connectivity index (χ0n) is 25.2. The zero-order chi connectivity index (χ0) is 30.0. The van der Waals surface area contributed by atoms with Gasteiger partial charge in [0.15, 0.2) is 0 Å². The third-order valence-corrected chi connectivity index (χ3v) is 8.69. The highest BCUT2D eigenvalue weighted by Crippen LogP contribution is 2.36. The first-order valence-corrected chi connectivity index (χ1v) is 15.3. The van der Waals surface area contributed by atoms with Gasteiger partial charge in [0.2, 0.25) is 11.8 Å². The van der Waals surface area contributed by atoms with E-state index in [0.29, 0.717) is 31.0 Å². The van der Waals surface area contributed by atoms with Crippen molar-refractivity contribution in [2.24, 2.45) is 5.41 Å². The van der Waals surface area contributed by atoms with Crippen LogP contribution in [0.25, 0.3) is 12.2 Å². The van der Waals surface area contributed by atoms with Crippen LogP contribution in [0.1, 0.15) is 99.1 Å². The minimum absolute atomic E-state index is 0.0568. The molecule has 1 aliphatic rings. The molecule has 2 N–H and O–H groups in total. The Morgan fingerprint density at radius 1 is 1.02 bits per heavy atom. The lowest BCUT2D eigenvalue weighted by Gasteiger charge is -2.25. The van der Waals surface area contributed by atoms with Gasteiger partial charge in [0.1, 0.15) is 0 Å². The van der Waals surface area contributed by atoms with Gasteiger partial charge < -0.3 is 15.2 Å². The number of anilines is 1. The van der Waals surface area contributed by atoms with E-state index in [2.05, 4.69) is 29.6 Å². The molecule has 1 heterocycles. The van der Waals surface area contributed by atoms with Gasteiger partial charge in [-0.25, -0.2) is 4.98 Å². The molecular formula is C36H44N2O4. The number of benzene rings is 2. The number of hydrogen-bond acceptors (Lipinski definition) is 4. The number of pyridine rings is 1. The minimum atomic E-state index is -1.04. The molecule has 1 aliphatic carbocycles. The van der Waals surface area contributed by atoms with Crippen LogP contribution in [0.5, 0.6) is 5.88 Å². The van der Waals surface area contributed by atoms with E-state index in [1.165, 1.54) is 30.4 Å².